The van der Waals surface area contributed by atoms with E-state index >= 15 is 0 Å². The molecule has 0 saturated carbocycles. The summed E-state index contributed by atoms with van der Waals surface area (Å²) in [6.07, 6.45) is 12.0. The fraction of sp³-hybridized carbons (Fsp3) is 0.440. The van der Waals surface area contributed by atoms with Crippen LogP contribution in [0.5, 0.6) is 0 Å². The SMILES string of the molecule is O=C(O)c1ccc(C(=O)OCCCCCCCCCCCc2ccccc2)cc1. The number of carbonyl (C=O) groups is 2. The van der Waals surface area contributed by atoms with Gasteiger partial charge in [0.1, 0.15) is 0 Å². The van der Waals surface area contributed by atoms with E-state index in [-0.39, 0.29) is 5.56 Å². The zero-order valence-corrected chi connectivity index (χ0v) is 17.1. The predicted molar refractivity (Wildman–Crippen MR) is 115 cm³/mol. The van der Waals surface area contributed by atoms with Crippen LogP contribution in [0.25, 0.3) is 0 Å². The second kappa shape index (κ2) is 13.5. The minimum atomic E-state index is -1.00. The van der Waals surface area contributed by atoms with Crippen molar-refractivity contribution in [3.8, 4) is 0 Å². The Morgan fingerprint density at radius 3 is 1.76 bits per heavy atom. The first-order chi connectivity index (χ1) is 14.2. The maximum atomic E-state index is 11.9. The number of hydrogen-bond donors (Lipinski definition) is 1. The highest BCUT2D eigenvalue weighted by molar-refractivity contribution is 5.92. The van der Waals surface area contributed by atoms with E-state index in [2.05, 4.69) is 30.3 Å². The maximum Gasteiger partial charge on any atom is 0.338 e. The van der Waals surface area contributed by atoms with Gasteiger partial charge in [-0.2, -0.15) is 0 Å². The van der Waals surface area contributed by atoms with E-state index in [4.69, 9.17) is 9.84 Å². The number of carboxylic acids is 1. The van der Waals surface area contributed by atoms with E-state index in [0.29, 0.717) is 12.2 Å². The molecular formula is C25H32O4. The third-order valence-corrected chi connectivity index (χ3v) is 5.05. The number of benzene rings is 2. The number of esters is 1. The van der Waals surface area contributed by atoms with Gasteiger partial charge in [-0.05, 0) is 49.1 Å². The van der Waals surface area contributed by atoms with Gasteiger partial charge in [0.15, 0.2) is 0 Å². The van der Waals surface area contributed by atoms with Gasteiger partial charge in [-0.1, -0.05) is 75.3 Å². The molecule has 2 aromatic rings. The van der Waals surface area contributed by atoms with Crippen molar-refractivity contribution in [2.45, 2.75) is 64.2 Å². The Kier molecular flexibility index (Phi) is 10.6. The number of aryl methyl sites for hydroxylation is 1. The monoisotopic (exact) mass is 396 g/mol. The quantitative estimate of drug-likeness (QED) is 0.301. The molecule has 0 saturated heterocycles. The first-order valence-electron chi connectivity index (χ1n) is 10.7. The average Bonchev–Trinajstić information content (AvgIpc) is 2.75. The normalized spacial score (nSPS) is 10.6. The van der Waals surface area contributed by atoms with Gasteiger partial charge in [0.25, 0.3) is 0 Å². The van der Waals surface area contributed by atoms with Crippen LogP contribution >= 0.6 is 0 Å². The Balaban J connectivity index is 1.40. The van der Waals surface area contributed by atoms with E-state index in [0.717, 1.165) is 12.8 Å². The standard InChI is InChI=1S/C25H32O4/c26-24(27)22-16-18-23(19-17-22)25(28)29-20-12-7-5-3-1-2-4-6-9-13-21-14-10-8-11-15-21/h8,10-11,14-19H,1-7,9,12-13,20H2,(H,26,27). The fourth-order valence-corrected chi connectivity index (χ4v) is 3.31. The number of carboxylic acid groups (broad SMARTS) is 1. The molecular weight excluding hydrogens is 364 g/mol. The maximum absolute atomic E-state index is 11.9. The molecule has 2 rings (SSSR count). The van der Waals surface area contributed by atoms with Gasteiger partial charge < -0.3 is 9.84 Å². The molecule has 4 nitrogen and oxygen atoms in total. The Morgan fingerprint density at radius 2 is 1.17 bits per heavy atom. The molecule has 0 radical (unpaired) electrons. The predicted octanol–water partition coefficient (Wildman–Crippen LogP) is 6.30. The Hall–Kier alpha value is -2.62. The van der Waals surface area contributed by atoms with E-state index in [1.165, 1.54) is 81.2 Å². The molecule has 0 aromatic heterocycles. The lowest BCUT2D eigenvalue weighted by molar-refractivity contribution is 0.0496. The first-order valence-corrected chi connectivity index (χ1v) is 10.7. The minimum Gasteiger partial charge on any atom is -0.478 e. The van der Waals surface area contributed by atoms with Gasteiger partial charge in [-0.25, -0.2) is 9.59 Å². The number of carbonyl (C=O) groups excluding carboxylic acids is 1. The van der Waals surface area contributed by atoms with Crippen molar-refractivity contribution in [3.63, 3.8) is 0 Å². The van der Waals surface area contributed by atoms with Crippen LogP contribution in [-0.4, -0.2) is 23.7 Å². The van der Waals surface area contributed by atoms with Gasteiger partial charge in [-0.15, -0.1) is 0 Å². The molecule has 0 aliphatic heterocycles. The smallest absolute Gasteiger partial charge is 0.338 e. The van der Waals surface area contributed by atoms with Crippen molar-refractivity contribution in [3.05, 3.63) is 71.3 Å². The zero-order valence-electron chi connectivity index (χ0n) is 17.1. The van der Waals surface area contributed by atoms with E-state index in [9.17, 15) is 9.59 Å². The molecule has 0 spiro atoms. The number of hydrogen-bond acceptors (Lipinski definition) is 3. The van der Waals surface area contributed by atoms with Gasteiger partial charge in [0, 0.05) is 0 Å². The molecule has 0 aliphatic rings. The lowest BCUT2D eigenvalue weighted by Gasteiger charge is -2.06. The number of ether oxygens (including phenoxy) is 1. The molecule has 0 fully saturated rings. The average molecular weight is 397 g/mol. The number of rotatable bonds is 14. The molecule has 0 aliphatic carbocycles. The van der Waals surface area contributed by atoms with Gasteiger partial charge in [0.2, 0.25) is 0 Å². The third kappa shape index (κ3) is 9.42. The van der Waals surface area contributed by atoms with Crippen LogP contribution in [0.1, 0.15) is 84.1 Å². The summed E-state index contributed by atoms with van der Waals surface area (Å²) < 4.78 is 5.25. The zero-order chi connectivity index (χ0) is 20.7. The third-order valence-electron chi connectivity index (χ3n) is 5.05. The summed E-state index contributed by atoms with van der Waals surface area (Å²) in [4.78, 5) is 22.7. The Morgan fingerprint density at radius 1 is 0.655 bits per heavy atom. The van der Waals surface area contributed by atoms with Gasteiger partial charge >= 0.3 is 11.9 Å². The molecule has 156 valence electrons. The van der Waals surface area contributed by atoms with E-state index < -0.39 is 11.9 Å². The molecule has 29 heavy (non-hydrogen) atoms. The summed E-state index contributed by atoms with van der Waals surface area (Å²) in [7, 11) is 0. The largest absolute Gasteiger partial charge is 0.478 e. The van der Waals surface area contributed by atoms with Gasteiger partial charge in [0.05, 0.1) is 17.7 Å². The van der Waals surface area contributed by atoms with Crippen LogP contribution in [0.3, 0.4) is 0 Å². The molecule has 1 N–H and O–H groups in total. The molecule has 2 aromatic carbocycles. The number of aromatic carboxylic acids is 1. The van der Waals surface area contributed by atoms with Crippen LogP contribution in [0.2, 0.25) is 0 Å². The second-order valence-electron chi connectivity index (χ2n) is 7.44. The summed E-state index contributed by atoms with van der Waals surface area (Å²) in [5.41, 5.74) is 1.99. The second-order valence-corrected chi connectivity index (χ2v) is 7.44. The summed E-state index contributed by atoms with van der Waals surface area (Å²) >= 11 is 0. The van der Waals surface area contributed by atoms with Crippen LogP contribution in [0.4, 0.5) is 0 Å². The van der Waals surface area contributed by atoms with Crippen LogP contribution < -0.4 is 0 Å². The summed E-state index contributed by atoms with van der Waals surface area (Å²) in [6, 6.07) is 16.5. The topological polar surface area (TPSA) is 63.6 Å². The molecule has 0 heterocycles. The van der Waals surface area contributed by atoms with Crippen LogP contribution in [-0.2, 0) is 11.2 Å². The minimum absolute atomic E-state index is 0.165. The van der Waals surface area contributed by atoms with Crippen LogP contribution in [0.15, 0.2) is 54.6 Å². The van der Waals surface area contributed by atoms with Crippen LogP contribution in [0, 0.1) is 0 Å². The Labute approximate surface area is 173 Å². The first kappa shape index (κ1) is 22.7. The molecule has 0 bridgehead atoms. The highest BCUT2D eigenvalue weighted by atomic mass is 16.5. The molecule has 4 heteroatoms. The molecule has 0 amide bonds. The Bertz CT molecular complexity index is 722. The number of unbranched alkanes of at least 4 members (excludes halogenated alkanes) is 8. The van der Waals surface area contributed by atoms with E-state index in [1.807, 2.05) is 0 Å². The van der Waals surface area contributed by atoms with E-state index in [1.54, 1.807) is 0 Å². The lowest BCUT2D eigenvalue weighted by Crippen LogP contribution is -2.07. The van der Waals surface area contributed by atoms with Crippen molar-refractivity contribution in [1.29, 1.82) is 0 Å². The van der Waals surface area contributed by atoms with Crippen molar-refractivity contribution < 1.29 is 19.4 Å². The molecule has 0 unspecified atom stereocenters. The summed E-state index contributed by atoms with van der Waals surface area (Å²) in [6.45, 7) is 0.416. The summed E-state index contributed by atoms with van der Waals surface area (Å²) in [5, 5.41) is 8.86. The van der Waals surface area contributed by atoms with Gasteiger partial charge in [-0.3, -0.25) is 0 Å². The van der Waals surface area contributed by atoms with Crippen molar-refractivity contribution in [1.82, 2.24) is 0 Å². The fourth-order valence-electron chi connectivity index (χ4n) is 3.31. The lowest BCUT2D eigenvalue weighted by atomic mass is 10.0. The highest BCUT2D eigenvalue weighted by Crippen LogP contribution is 2.12. The van der Waals surface area contributed by atoms with Crippen molar-refractivity contribution >= 4 is 11.9 Å². The molecule has 0 atom stereocenters. The van der Waals surface area contributed by atoms with Crippen molar-refractivity contribution in [2.75, 3.05) is 6.61 Å². The highest BCUT2D eigenvalue weighted by Gasteiger charge is 2.08. The summed E-state index contributed by atoms with van der Waals surface area (Å²) in [5.74, 6) is -1.39. The van der Waals surface area contributed by atoms with Crippen molar-refractivity contribution in [2.24, 2.45) is 0 Å².